The number of carbonyl (C=O) groups is 1. The summed E-state index contributed by atoms with van der Waals surface area (Å²) in [5, 5.41) is 14.1. The number of hydrogen-bond acceptors (Lipinski definition) is 7. The fourth-order valence-electron chi connectivity index (χ4n) is 1.82. The third kappa shape index (κ3) is 4.59. The summed E-state index contributed by atoms with van der Waals surface area (Å²) in [5.41, 5.74) is 5.52. The van der Waals surface area contributed by atoms with E-state index in [1.165, 1.54) is 20.3 Å². The number of esters is 1. The van der Waals surface area contributed by atoms with Crippen LogP contribution < -0.4 is 15.8 Å². The number of benzene rings is 1. The molecule has 0 unspecified atom stereocenters. The molecule has 0 heterocycles. The number of nitrogens with two attached hydrogens (primary N) is 1. The van der Waals surface area contributed by atoms with Crippen molar-refractivity contribution >= 4 is 17.3 Å². The van der Waals surface area contributed by atoms with Crippen LogP contribution >= 0.6 is 0 Å². The highest BCUT2D eigenvalue weighted by atomic mass is 16.6. The minimum absolute atomic E-state index is 0.00130. The van der Waals surface area contributed by atoms with Crippen molar-refractivity contribution in [3.63, 3.8) is 0 Å². The van der Waals surface area contributed by atoms with Crippen molar-refractivity contribution in [2.45, 2.75) is 25.8 Å². The normalized spacial score (nSPS) is 11.0. The van der Waals surface area contributed by atoms with Crippen molar-refractivity contribution in [3.05, 3.63) is 27.8 Å². The van der Waals surface area contributed by atoms with Crippen molar-refractivity contribution in [2.75, 3.05) is 26.1 Å². The molecule has 0 saturated heterocycles. The molecular formula is C14H21N3O5. The third-order valence-corrected chi connectivity index (χ3v) is 3.00. The molecule has 0 spiro atoms. The number of nitrogens with zero attached hydrogens (tertiary/aromatic N) is 1. The predicted molar refractivity (Wildman–Crippen MR) is 82.4 cm³/mol. The number of nitrogens with one attached hydrogen (secondary N) is 1. The van der Waals surface area contributed by atoms with Gasteiger partial charge in [0.1, 0.15) is 17.0 Å². The summed E-state index contributed by atoms with van der Waals surface area (Å²) < 4.78 is 9.70. The van der Waals surface area contributed by atoms with Gasteiger partial charge in [0.25, 0.3) is 5.69 Å². The Bertz CT molecular complexity index is 566. The average Bonchev–Trinajstić information content (AvgIpc) is 2.44. The molecule has 0 bridgehead atoms. The lowest BCUT2D eigenvalue weighted by atomic mass is 10.0. The Morgan fingerprint density at radius 3 is 2.50 bits per heavy atom. The number of nitro benzene ring substituents is 1. The number of rotatable bonds is 7. The smallest absolute Gasteiger partial charge is 0.341 e. The van der Waals surface area contributed by atoms with Gasteiger partial charge in [-0.05, 0) is 20.3 Å². The second-order valence-electron chi connectivity index (χ2n) is 5.48. The standard InChI is InChI=1S/C14H21N3O5/c1-14(2,15)5-6-16-10-8-12(21-3)9(13(18)22-4)7-11(10)17(19)20/h7-8,16H,5-6,15H2,1-4H3. The van der Waals surface area contributed by atoms with Crippen molar-refractivity contribution in [1.82, 2.24) is 0 Å². The molecule has 0 amide bonds. The van der Waals surface area contributed by atoms with Crippen LogP contribution in [-0.2, 0) is 4.74 Å². The molecule has 3 N–H and O–H groups in total. The van der Waals surface area contributed by atoms with E-state index in [2.05, 4.69) is 10.1 Å². The summed E-state index contributed by atoms with van der Waals surface area (Å²) in [4.78, 5) is 22.3. The van der Waals surface area contributed by atoms with E-state index >= 15 is 0 Å². The summed E-state index contributed by atoms with van der Waals surface area (Å²) in [6.45, 7) is 4.18. The number of ether oxygens (including phenoxy) is 2. The largest absolute Gasteiger partial charge is 0.496 e. The topological polar surface area (TPSA) is 117 Å². The summed E-state index contributed by atoms with van der Waals surface area (Å²) in [7, 11) is 2.57. The Morgan fingerprint density at radius 2 is 2.05 bits per heavy atom. The highest BCUT2D eigenvalue weighted by Gasteiger charge is 2.23. The molecule has 0 fully saturated rings. The molecule has 0 radical (unpaired) electrons. The molecule has 0 atom stereocenters. The zero-order valence-corrected chi connectivity index (χ0v) is 13.1. The van der Waals surface area contributed by atoms with Crippen molar-refractivity contribution in [1.29, 1.82) is 0 Å². The first kappa shape index (κ1) is 17.7. The lowest BCUT2D eigenvalue weighted by Gasteiger charge is -2.19. The summed E-state index contributed by atoms with van der Waals surface area (Å²) in [6.07, 6.45) is 0.616. The molecule has 122 valence electrons. The van der Waals surface area contributed by atoms with Gasteiger partial charge in [0, 0.05) is 24.2 Å². The van der Waals surface area contributed by atoms with Gasteiger partial charge in [-0.15, -0.1) is 0 Å². The molecule has 8 nitrogen and oxygen atoms in total. The van der Waals surface area contributed by atoms with E-state index in [1.54, 1.807) is 0 Å². The van der Waals surface area contributed by atoms with Crippen LogP contribution in [0, 0.1) is 10.1 Å². The monoisotopic (exact) mass is 311 g/mol. The van der Waals surface area contributed by atoms with Crippen LogP contribution in [0.5, 0.6) is 5.75 Å². The van der Waals surface area contributed by atoms with E-state index in [-0.39, 0.29) is 22.7 Å². The molecule has 0 aromatic heterocycles. The van der Waals surface area contributed by atoms with Gasteiger partial charge in [-0.2, -0.15) is 0 Å². The number of hydrogen-bond donors (Lipinski definition) is 2. The highest BCUT2D eigenvalue weighted by molar-refractivity contribution is 5.94. The van der Waals surface area contributed by atoms with E-state index in [4.69, 9.17) is 10.5 Å². The Labute approximate surface area is 128 Å². The Hall–Kier alpha value is -2.35. The van der Waals surface area contributed by atoms with Crippen LogP contribution in [0.1, 0.15) is 30.6 Å². The Kier molecular flexibility index (Phi) is 5.69. The summed E-state index contributed by atoms with van der Waals surface area (Å²) in [5.74, 6) is -0.499. The SMILES string of the molecule is COC(=O)c1cc([N+](=O)[O-])c(NCCC(C)(C)N)cc1OC. The molecule has 1 aromatic carbocycles. The molecule has 0 aliphatic rings. The molecule has 0 aliphatic heterocycles. The Balaban J connectivity index is 3.15. The first-order valence-corrected chi connectivity index (χ1v) is 6.67. The zero-order valence-electron chi connectivity index (χ0n) is 13.1. The van der Waals surface area contributed by atoms with Gasteiger partial charge in [0.2, 0.25) is 0 Å². The first-order chi connectivity index (χ1) is 10.2. The minimum Gasteiger partial charge on any atom is -0.496 e. The van der Waals surface area contributed by atoms with Gasteiger partial charge in [0.05, 0.1) is 19.1 Å². The fraction of sp³-hybridized carbons (Fsp3) is 0.500. The number of anilines is 1. The maximum Gasteiger partial charge on any atom is 0.341 e. The van der Waals surface area contributed by atoms with Gasteiger partial charge in [-0.25, -0.2) is 4.79 Å². The molecule has 22 heavy (non-hydrogen) atoms. The predicted octanol–water partition coefficient (Wildman–Crippen LogP) is 1.93. The van der Waals surface area contributed by atoms with Gasteiger partial charge < -0.3 is 20.5 Å². The van der Waals surface area contributed by atoms with Gasteiger partial charge in [-0.1, -0.05) is 0 Å². The lowest BCUT2D eigenvalue weighted by Crippen LogP contribution is -2.34. The van der Waals surface area contributed by atoms with Crippen molar-refractivity contribution in [2.24, 2.45) is 5.73 Å². The highest BCUT2D eigenvalue weighted by Crippen LogP contribution is 2.33. The van der Waals surface area contributed by atoms with Crippen molar-refractivity contribution < 1.29 is 19.2 Å². The van der Waals surface area contributed by atoms with E-state index < -0.39 is 16.4 Å². The first-order valence-electron chi connectivity index (χ1n) is 6.67. The number of carbonyl (C=O) groups excluding carboxylic acids is 1. The van der Waals surface area contributed by atoms with Gasteiger partial charge in [-0.3, -0.25) is 10.1 Å². The van der Waals surface area contributed by atoms with E-state index in [0.717, 1.165) is 6.07 Å². The molecule has 1 aromatic rings. The van der Waals surface area contributed by atoms with Gasteiger partial charge >= 0.3 is 5.97 Å². The summed E-state index contributed by atoms with van der Waals surface area (Å²) in [6, 6.07) is 2.55. The van der Waals surface area contributed by atoms with Crippen LogP contribution in [0.25, 0.3) is 0 Å². The molecule has 0 aliphatic carbocycles. The van der Waals surface area contributed by atoms with Crippen LogP contribution in [0.2, 0.25) is 0 Å². The molecule has 1 rings (SSSR count). The second kappa shape index (κ2) is 7.08. The van der Waals surface area contributed by atoms with Crippen LogP contribution in [0.3, 0.4) is 0 Å². The van der Waals surface area contributed by atoms with Crippen LogP contribution in [0.15, 0.2) is 12.1 Å². The maximum atomic E-state index is 11.7. The molecular weight excluding hydrogens is 290 g/mol. The molecule has 0 saturated carbocycles. The van der Waals surface area contributed by atoms with Gasteiger partial charge in [0.15, 0.2) is 0 Å². The zero-order chi connectivity index (χ0) is 16.9. The average molecular weight is 311 g/mol. The molecule has 8 heteroatoms. The summed E-state index contributed by atoms with van der Waals surface area (Å²) >= 11 is 0. The number of nitro groups is 1. The van der Waals surface area contributed by atoms with Crippen LogP contribution in [-0.4, -0.2) is 37.2 Å². The lowest BCUT2D eigenvalue weighted by molar-refractivity contribution is -0.384. The van der Waals surface area contributed by atoms with E-state index in [0.29, 0.717) is 13.0 Å². The maximum absolute atomic E-state index is 11.7. The third-order valence-electron chi connectivity index (χ3n) is 3.00. The van der Waals surface area contributed by atoms with E-state index in [1.807, 2.05) is 13.8 Å². The number of methoxy groups -OCH3 is 2. The van der Waals surface area contributed by atoms with E-state index in [9.17, 15) is 14.9 Å². The minimum atomic E-state index is -0.699. The Morgan fingerprint density at radius 1 is 1.41 bits per heavy atom. The second-order valence-corrected chi connectivity index (χ2v) is 5.48. The quantitative estimate of drug-likeness (QED) is 0.449. The van der Waals surface area contributed by atoms with Crippen LogP contribution in [0.4, 0.5) is 11.4 Å². The fourth-order valence-corrected chi connectivity index (χ4v) is 1.82. The van der Waals surface area contributed by atoms with Crippen molar-refractivity contribution in [3.8, 4) is 5.75 Å².